The lowest BCUT2D eigenvalue weighted by atomic mass is 9.85. The lowest BCUT2D eigenvalue weighted by Crippen LogP contribution is -2.43. The van der Waals surface area contributed by atoms with Crippen LogP contribution in [0.25, 0.3) is 0 Å². The summed E-state index contributed by atoms with van der Waals surface area (Å²) in [6.07, 6.45) is -0.942. The van der Waals surface area contributed by atoms with E-state index in [0.717, 1.165) is 37.8 Å². The number of hydrogen-bond donors (Lipinski definition) is 2. The minimum Gasteiger partial charge on any atom is -0.352 e. The Balaban J connectivity index is 0.00000242. The Morgan fingerprint density at radius 2 is 1.91 bits per heavy atom. The average Bonchev–Trinajstić information content (AvgIpc) is 2.94. The third kappa shape index (κ3) is 4.14. The van der Waals surface area contributed by atoms with Crippen molar-refractivity contribution in [3.8, 4) is 0 Å². The summed E-state index contributed by atoms with van der Waals surface area (Å²) >= 11 is 0. The highest BCUT2D eigenvalue weighted by Crippen LogP contribution is 2.37. The van der Waals surface area contributed by atoms with Crippen LogP contribution in [-0.2, 0) is 17.5 Å². The number of benzene rings is 1. The van der Waals surface area contributed by atoms with Crippen molar-refractivity contribution in [2.24, 2.45) is 11.1 Å². The van der Waals surface area contributed by atoms with Crippen molar-refractivity contribution in [1.29, 1.82) is 0 Å². The summed E-state index contributed by atoms with van der Waals surface area (Å²) in [5.74, 6) is -0.153. The van der Waals surface area contributed by atoms with Gasteiger partial charge in [0.25, 0.3) is 0 Å². The molecule has 1 aromatic carbocycles. The van der Waals surface area contributed by atoms with Gasteiger partial charge in [-0.15, -0.1) is 12.4 Å². The number of nitrogens with one attached hydrogen (secondary N) is 1. The molecule has 0 unspecified atom stereocenters. The first-order valence-corrected chi connectivity index (χ1v) is 7.02. The molecule has 124 valence electrons. The van der Waals surface area contributed by atoms with Crippen LogP contribution >= 0.6 is 12.4 Å². The van der Waals surface area contributed by atoms with Crippen LogP contribution in [0.2, 0.25) is 0 Å². The third-order valence-electron chi connectivity index (χ3n) is 4.14. The molecule has 0 spiro atoms. The SMILES string of the molecule is Cl.NCC1(C(=O)NCc2cccc(C(F)(F)F)c2)CCCC1. The highest BCUT2D eigenvalue weighted by atomic mass is 35.5. The average molecular weight is 337 g/mol. The molecule has 22 heavy (non-hydrogen) atoms. The molecule has 1 fully saturated rings. The smallest absolute Gasteiger partial charge is 0.352 e. The first-order valence-electron chi connectivity index (χ1n) is 7.02. The van der Waals surface area contributed by atoms with Crippen LogP contribution in [0.3, 0.4) is 0 Å². The third-order valence-corrected chi connectivity index (χ3v) is 4.14. The zero-order chi connectivity index (χ0) is 15.5. The quantitative estimate of drug-likeness (QED) is 0.886. The van der Waals surface area contributed by atoms with Gasteiger partial charge in [0.15, 0.2) is 0 Å². The van der Waals surface area contributed by atoms with E-state index in [1.54, 1.807) is 6.07 Å². The van der Waals surface area contributed by atoms with E-state index >= 15 is 0 Å². The molecule has 0 aliphatic heterocycles. The lowest BCUT2D eigenvalue weighted by Gasteiger charge is -2.25. The van der Waals surface area contributed by atoms with Crippen LogP contribution in [0.4, 0.5) is 13.2 Å². The molecule has 1 amide bonds. The molecular formula is C15H20ClF3N2O. The summed E-state index contributed by atoms with van der Waals surface area (Å²) in [6, 6.07) is 4.99. The zero-order valence-corrected chi connectivity index (χ0v) is 12.9. The molecule has 7 heteroatoms. The van der Waals surface area contributed by atoms with Gasteiger partial charge in [0, 0.05) is 13.1 Å². The first-order chi connectivity index (χ1) is 9.87. The normalized spacial score (nSPS) is 16.9. The monoisotopic (exact) mass is 336 g/mol. The predicted molar refractivity (Wildman–Crippen MR) is 80.5 cm³/mol. The van der Waals surface area contributed by atoms with Crippen LogP contribution < -0.4 is 11.1 Å². The van der Waals surface area contributed by atoms with Gasteiger partial charge in [-0.25, -0.2) is 0 Å². The van der Waals surface area contributed by atoms with E-state index < -0.39 is 17.2 Å². The second-order valence-corrected chi connectivity index (χ2v) is 5.57. The second kappa shape index (κ2) is 7.33. The van der Waals surface area contributed by atoms with Gasteiger partial charge in [0.05, 0.1) is 11.0 Å². The van der Waals surface area contributed by atoms with Gasteiger partial charge < -0.3 is 11.1 Å². The molecule has 1 aliphatic carbocycles. The van der Waals surface area contributed by atoms with Crippen molar-refractivity contribution in [3.05, 3.63) is 35.4 Å². The maximum Gasteiger partial charge on any atom is 0.416 e. The zero-order valence-electron chi connectivity index (χ0n) is 12.1. The molecule has 1 saturated carbocycles. The number of hydrogen-bond acceptors (Lipinski definition) is 2. The van der Waals surface area contributed by atoms with Gasteiger partial charge in [-0.1, -0.05) is 25.0 Å². The Labute approximate surface area is 133 Å². The number of alkyl halides is 3. The fraction of sp³-hybridized carbons (Fsp3) is 0.533. The van der Waals surface area contributed by atoms with Gasteiger partial charge in [-0.3, -0.25) is 4.79 Å². The molecule has 0 aromatic heterocycles. The molecule has 0 bridgehead atoms. The van der Waals surface area contributed by atoms with Crippen LogP contribution in [0, 0.1) is 5.41 Å². The van der Waals surface area contributed by atoms with E-state index in [9.17, 15) is 18.0 Å². The maximum absolute atomic E-state index is 12.6. The van der Waals surface area contributed by atoms with Gasteiger partial charge in [0.1, 0.15) is 0 Å². The van der Waals surface area contributed by atoms with Crippen LogP contribution in [0.15, 0.2) is 24.3 Å². The first kappa shape index (κ1) is 18.8. The van der Waals surface area contributed by atoms with E-state index in [4.69, 9.17) is 5.73 Å². The Morgan fingerprint density at radius 1 is 1.27 bits per heavy atom. The number of carbonyl (C=O) groups is 1. The summed E-state index contributed by atoms with van der Waals surface area (Å²) in [4.78, 5) is 12.2. The maximum atomic E-state index is 12.6. The molecule has 0 radical (unpaired) electrons. The van der Waals surface area contributed by atoms with Crippen molar-refractivity contribution in [3.63, 3.8) is 0 Å². The molecular weight excluding hydrogens is 317 g/mol. The second-order valence-electron chi connectivity index (χ2n) is 5.57. The number of halogens is 4. The van der Waals surface area contributed by atoms with E-state index in [1.165, 1.54) is 6.07 Å². The molecule has 1 aromatic rings. The lowest BCUT2D eigenvalue weighted by molar-refractivity contribution is -0.137. The van der Waals surface area contributed by atoms with Crippen LogP contribution in [0.5, 0.6) is 0 Å². The Hall–Kier alpha value is -1.27. The molecule has 0 atom stereocenters. The predicted octanol–water partition coefficient (Wildman–Crippen LogP) is 3.26. The van der Waals surface area contributed by atoms with E-state index in [2.05, 4.69) is 5.32 Å². The number of amides is 1. The van der Waals surface area contributed by atoms with Crippen LogP contribution in [-0.4, -0.2) is 12.5 Å². The molecule has 0 heterocycles. The molecule has 3 N–H and O–H groups in total. The number of nitrogens with two attached hydrogens (primary N) is 1. The van der Waals surface area contributed by atoms with E-state index in [0.29, 0.717) is 5.56 Å². The summed E-state index contributed by atoms with van der Waals surface area (Å²) in [7, 11) is 0. The minimum absolute atomic E-state index is 0. The number of rotatable bonds is 4. The number of carbonyl (C=O) groups excluding carboxylic acids is 1. The Bertz CT molecular complexity index is 514. The van der Waals surface area contributed by atoms with Crippen molar-refractivity contribution in [2.45, 2.75) is 38.4 Å². The van der Waals surface area contributed by atoms with Gasteiger partial charge in [-0.05, 0) is 30.5 Å². The van der Waals surface area contributed by atoms with E-state index in [-0.39, 0.29) is 31.4 Å². The highest BCUT2D eigenvalue weighted by molar-refractivity contribution is 5.85. The highest BCUT2D eigenvalue weighted by Gasteiger charge is 2.39. The standard InChI is InChI=1S/C15H19F3N2O.ClH/c16-15(17,18)12-5-3-4-11(8-12)9-20-13(21)14(10-19)6-1-2-7-14;/h3-5,8H,1-2,6-7,9-10,19H2,(H,20,21);1H. The fourth-order valence-electron chi connectivity index (χ4n) is 2.80. The summed E-state index contributed by atoms with van der Waals surface area (Å²) in [5, 5.41) is 2.73. The van der Waals surface area contributed by atoms with E-state index in [1.807, 2.05) is 0 Å². The molecule has 3 nitrogen and oxygen atoms in total. The van der Waals surface area contributed by atoms with Crippen molar-refractivity contribution >= 4 is 18.3 Å². The van der Waals surface area contributed by atoms with Gasteiger partial charge >= 0.3 is 6.18 Å². The summed E-state index contributed by atoms with van der Waals surface area (Å²) < 4.78 is 37.9. The topological polar surface area (TPSA) is 55.1 Å². The summed E-state index contributed by atoms with van der Waals surface area (Å²) in [6.45, 7) is 0.367. The fourth-order valence-corrected chi connectivity index (χ4v) is 2.80. The van der Waals surface area contributed by atoms with Crippen molar-refractivity contribution < 1.29 is 18.0 Å². The largest absolute Gasteiger partial charge is 0.416 e. The van der Waals surface area contributed by atoms with Crippen molar-refractivity contribution in [2.75, 3.05) is 6.54 Å². The van der Waals surface area contributed by atoms with Crippen LogP contribution in [0.1, 0.15) is 36.8 Å². The van der Waals surface area contributed by atoms with Crippen molar-refractivity contribution in [1.82, 2.24) is 5.32 Å². The summed E-state index contributed by atoms with van der Waals surface area (Å²) in [5.41, 5.74) is 4.90. The van der Waals surface area contributed by atoms with Gasteiger partial charge in [-0.2, -0.15) is 13.2 Å². The Morgan fingerprint density at radius 3 is 2.45 bits per heavy atom. The van der Waals surface area contributed by atoms with Gasteiger partial charge in [0.2, 0.25) is 5.91 Å². The molecule has 2 rings (SSSR count). The molecule has 0 saturated heterocycles. The minimum atomic E-state index is -4.37. The molecule has 1 aliphatic rings. The Kier molecular flexibility index (Phi) is 6.26.